The van der Waals surface area contributed by atoms with Crippen molar-refractivity contribution < 1.29 is 41.9 Å². The van der Waals surface area contributed by atoms with Gasteiger partial charge < -0.3 is 25.5 Å². The molecule has 0 bridgehead atoms. The van der Waals surface area contributed by atoms with E-state index < -0.39 is 47.5 Å². The van der Waals surface area contributed by atoms with Crippen LogP contribution in [-0.2, 0) is 30.6 Å². The van der Waals surface area contributed by atoms with Crippen molar-refractivity contribution >= 4 is 23.7 Å². The number of carbonyl (C=O) groups excluding carboxylic acids is 4. The number of nitrogens with two attached hydrogens (primary N) is 1. The first-order valence-corrected chi connectivity index (χ1v) is 12.5. The highest BCUT2D eigenvalue weighted by molar-refractivity contribution is 5.95. The number of amides is 3. The van der Waals surface area contributed by atoms with Crippen LogP contribution in [0.3, 0.4) is 0 Å². The van der Waals surface area contributed by atoms with Crippen LogP contribution in [0.4, 0.5) is 13.2 Å². The minimum Gasteiger partial charge on any atom is -0.374 e. The average molecular weight is 565 g/mol. The van der Waals surface area contributed by atoms with E-state index in [1.54, 1.807) is 6.07 Å². The van der Waals surface area contributed by atoms with Crippen molar-refractivity contribution in [1.82, 2.24) is 15.3 Å². The Hall–Kier alpha value is -3.97. The van der Waals surface area contributed by atoms with Crippen LogP contribution in [-0.4, -0.2) is 77.1 Å². The molecule has 2 aromatic carbocycles. The normalized spacial score (nSPS) is 16.2. The molecule has 1 aliphatic heterocycles. The Morgan fingerprint density at radius 2 is 1.65 bits per heavy atom. The van der Waals surface area contributed by atoms with E-state index in [9.17, 15) is 32.3 Å². The molecular weight excluding hydrogens is 533 g/mol. The fourth-order valence-electron chi connectivity index (χ4n) is 3.87. The molecule has 0 spiro atoms. The van der Waals surface area contributed by atoms with Crippen LogP contribution < -0.4 is 11.1 Å². The summed E-state index contributed by atoms with van der Waals surface area (Å²) in [6, 6.07) is 14.2. The molecule has 0 aromatic heterocycles. The molecule has 2 atom stereocenters. The van der Waals surface area contributed by atoms with Gasteiger partial charge in [-0.2, -0.15) is 18.2 Å². The number of alkyl halides is 3. The number of nitrogens with zero attached hydrogens (tertiary/aromatic N) is 2. The number of carbonyl (C=O) groups is 4. The Morgan fingerprint density at radius 3 is 2.23 bits per heavy atom. The molecule has 2 aromatic rings. The first-order valence-electron chi connectivity index (χ1n) is 12.5. The van der Waals surface area contributed by atoms with Crippen molar-refractivity contribution in [1.29, 1.82) is 0 Å². The summed E-state index contributed by atoms with van der Waals surface area (Å²) in [6.07, 6.45) is -5.33. The summed E-state index contributed by atoms with van der Waals surface area (Å²) in [5.41, 5.74) is 5.39. The van der Waals surface area contributed by atoms with Crippen LogP contribution in [0, 0.1) is 0 Å². The van der Waals surface area contributed by atoms with Gasteiger partial charge >= 0.3 is 12.1 Å². The van der Waals surface area contributed by atoms with Crippen molar-refractivity contribution in [2.75, 3.05) is 19.7 Å². The fraction of sp³-hybridized carbons (Fsp3) is 0.407. The second kappa shape index (κ2) is 12.9. The van der Waals surface area contributed by atoms with Gasteiger partial charge in [-0.1, -0.05) is 48.5 Å². The highest BCUT2D eigenvalue weighted by Gasteiger charge is 2.46. The van der Waals surface area contributed by atoms with Crippen LogP contribution in [0.2, 0.25) is 0 Å². The minimum absolute atomic E-state index is 0.00752. The smallest absolute Gasteiger partial charge is 0.374 e. The number of likely N-dealkylation sites (tertiary alicyclic amines) is 1. The second-order valence-electron chi connectivity index (χ2n) is 9.85. The van der Waals surface area contributed by atoms with Crippen LogP contribution in [0.1, 0.15) is 36.2 Å². The lowest BCUT2D eigenvalue weighted by molar-refractivity contribution is -0.233. The third kappa shape index (κ3) is 8.26. The average Bonchev–Trinajstić information content (AvgIpc) is 3.40. The predicted octanol–water partition coefficient (Wildman–Crippen LogP) is 2.19. The van der Waals surface area contributed by atoms with Gasteiger partial charge in [-0.05, 0) is 38.0 Å². The predicted molar refractivity (Wildman–Crippen MR) is 136 cm³/mol. The topological polar surface area (TPSA) is 131 Å². The zero-order valence-electron chi connectivity index (χ0n) is 22.0. The van der Waals surface area contributed by atoms with Gasteiger partial charge in [0, 0.05) is 18.7 Å². The molecule has 13 heteroatoms. The Morgan fingerprint density at radius 1 is 1.05 bits per heavy atom. The second-order valence-corrected chi connectivity index (χ2v) is 9.85. The Kier molecular flexibility index (Phi) is 9.88. The number of hydrogen-bond donors (Lipinski definition) is 2. The van der Waals surface area contributed by atoms with E-state index in [4.69, 9.17) is 10.5 Å². The molecule has 216 valence electrons. The standard InChI is InChI=1S/C27H31F3N4O6/c1-26(2,31)24(37)32-21(17-39-16-18-9-5-3-6-10-18)23(36)33-14-13-20(15-33)34(40-25(38)27(28,29)30)22(35)19-11-7-4-8-12-19/h3-12,20-21H,13-17,31H2,1-2H3,(H,32,37)/t20-,21-/m1/s1. The summed E-state index contributed by atoms with van der Waals surface area (Å²) in [4.78, 5) is 56.4. The van der Waals surface area contributed by atoms with E-state index in [1.165, 1.54) is 43.0 Å². The molecule has 3 N–H and O–H groups in total. The molecule has 0 aliphatic carbocycles. The van der Waals surface area contributed by atoms with Crippen molar-refractivity contribution in [2.24, 2.45) is 5.73 Å². The van der Waals surface area contributed by atoms with Gasteiger partial charge in [-0.15, -0.1) is 0 Å². The van der Waals surface area contributed by atoms with E-state index in [2.05, 4.69) is 10.2 Å². The number of nitrogens with one attached hydrogen (secondary N) is 1. The van der Waals surface area contributed by atoms with E-state index >= 15 is 0 Å². The quantitative estimate of drug-likeness (QED) is 0.447. The number of hydrogen-bond acceptors (Lipinski definition) is 7. The molecule has 1 aliphatic rings. The lowest BCUT2D eigenvalue weighted by Crippen LogP contribution is -2.57. The number of ether oxygens (including phenoxy) is 1. The maximum absolute atomic E-state index is 13.4. The van der Waals surface area contributed by atoms with Crippen molar-refractivity contribution in [3.63, 3.8) is 0 Å². The molecule has 40 heavy (non-hydrogen) atoms. The third-order valence-corrected chi connectivity index (χ3v) is 6.03. The minimum atomic E-state index is -5.34. The van der Waals surface area contributed by atoms with Gasteiger partial charge in [0.15, 0.2) is 0 Å². The zero-order chi connectivity index (χ0) is 29.5. The third-order valence-electron chi connectivity index (χ3n) is 6.03. The molecule has 1 heterocycles. The molecule has 10 nitrogen and oxygen atoms in total. The molecule has 0 unspecified atom stereocenters. The van der Waals surface area contributed by atoms with Gasteiger partial charge in [-0.25, -0.2) is 4.79 Å². The summed E-state index contributed by atoms with van der Waals surface area (Å²) in [7, 11) is 0. The molecule has 3 amide bonds. The van der Waals surface area contributed by atoms with E-state index in [0.717, 1.165) is 5.56 Å². The van der Waals surface area contributed by atoms with Gasteiger partial charge in [0.25, 0.3) is 5.91 Å². The molecular formula is C27H31F3N4O6. The highest BCUT2D eigenvalue weighted by Crippen LogP contribution is 2.24. The summed E-state index contributed by atoms with van der Waals surface area (Å²) < 4.78 is 44.6. The van der Waals surface area contributed by atoms with E-state index in [1.807, 2.05) is 30.3 Å². The number of halogens is 3. The summed E-state index contributed by atoms with van der Waals surface area (Å²) in [6.45, 7) is 2.63. The lowest BCUT2D eigenvalue weighted by atomic mass is 10.1. The number of benzene rings is 2. The molecule has 0 saturated carbocycles. The Balaban J connectivity index is 1.76. The number of hydroxylamine groups is 2. The zero-order valence-corrected chi connectivity index (χ0v) is 22.0. The lowest BCUT2D eigenvalue weighted by Gasteiger charge is -2.29. The van der Waals surface area contributed by atoms with Crippen LogP contribution >= 0.6 is 0 Å². The summed E-state index contributed by atoms with van der Waals surface area (Å²) in [5, 5.41) is 2.93. The summed E-state index contributed by atoms with van der Waals surface area (Å²) >= 11 is 0. The van der Waals surface area contributed by atoms with Crippen molar-refractivity contribution in [3.8, 4) is 0 Å². The Bertz CT molecular complexity index is 1190. The van der Waals surface area contributed by atoms with Gasteiger partial charge in [-0.3, -0.25) is 14.4 Å². The van der Waals surface area contributed by atoms with Crippen LogP contribution in [0.25, 0.3) is 0 Å². The first-order chi connectivity index (χ1) is 18.8. The van der Waals surface area contributed by atoms with Crippen LogP contribution in [0.5, 0.6) is 0 Å². The molecule has 1 saturated heterocycles. The maximum Gasteiger partial charge on any atom is 0.493 e. The van der Waals surface area contributed by atoms with Crippen molar-refractivity contribution in [3.05, 3.63) is 71.8 Å². The van der Waals surface area contributed by atoms with Gasteiger partial charge in [0.2, 0.25) is 11.8 Å². The first kappa shape index (κ1) is 30.6. The molecule has 1 fully saturated rings. The van der Waals surface area contributed by atoms with E-state index in [0.29, 0.717) is 5.06 Å². The highest BCUT2D eigenvalue weighted by atomic mass is 19.4. The van der Waals surface area contributed by atoms with E-state index in [-0.39, 0.29) is 38.3 Å². The Labute approximate surface area is 229 Å². The van der Waals surface area contributed by atoms with Crippen LogP contribution in [0.15, 0.2) is 60.7 Å². The monoisotopic (exact) mass is 564 g/mol. The number of rotatable bonds is 9. The maximum atomic E-state index is 13.4. The summed E-state index contributed by atoms with van der Waals surface area (Å²) in [5.74, 6) is -4.75. The molecule has 3 rings (SSSR count). The SMILES string of the molecule is CC(C)(N)C(=O)N[C@H](COCc1ccccc1)C(=O)N1CC[C@@H](N(OC(=O)C(F)(F)F)C(=O)c2ccccc2)C1. The van der Waals surface area contributed by atoms with Crippen molar-refractivity contribution in [2.45, 2.75) is 50.7 Å². The van der Waals surface area contributed by atoms with Gasteiger partial charge in [0.05, 0.1) is 24.8 Å². The fourth-order valence-corrected chi connectivity index (χ4v) is 3.87. The molecule has 0 radical (unpaired) electrons. The largest absolute Gasteiger partial charge is 0.493 e. The van der Waals surface area contributed by atoms with Gasteiger partial charge in [0.1, 0.15) is 6.04 Å².